The molecule has 1 heterocycles. The standard InChI is InChI=1S/C14H12ClF3N2/c1-9(10-3-2-4-19-8-10)20-13-6-11(14(16,17)18)5-12(15)7-13/h2-9,20H,1H3. The Labute approximate surface area is 119 Å². The molecule has 0 aliphatic heterocycles. The second-order valence-corrected chi connectivity index (χ2v) is 4.82. The number of benzene rings is 1. The van der Waals surface area contributed by atoms with Crippen molar-refractivity contribution in [1.29, 1.82) is 0 Å². The lowest BCUT2D eigenvalue weighted by Crippen LogP contribution is -2.09. The first-order valence-electron chi connectivity index (χ1n) is 5.90. The zero-order chi connectivity index (χ0) is 14.8. The minimum Gasteiger partial charge on any atom is -0.378 e. The number of hydrogen-bond acceptors (Lipinski definition) is 2. The molecule has 0 saturated heterocycles. The van der Waals surface area contributed by atoms with Crippen LogP contribution in [0.4, 0.5) is 18.9 Å². The molecule has 106 valence electrons. The Bertz CT molecular complexity index is 585. The second kappa shape index (κ2) is 5.71. The molecular weight excluding hydrogens is 289 g/mol. The van der Waals surface area contributed by atoms with Crippen LogP contribution in [0, 0.1) is 0 Å². The molecule has 2 rings (SSSR count). The molecule has 0 spiro atoms. The molecule has 20 heavy (non-hydrogen) atoms. The Morgan fingerprint density at radius 3 is 2.60 bits per heavy atom. The lowest BCUT2D eigenvalue weighted by atomic mass is 10.1. The molecule has 1 aromatic carbocycles. The van der Waals surface area contributed by atoms with E-state index in [2.05, 4.69) is 10.3 Å². The van der Waals surface area contributed by atoms with Crippen LogP contribution < -0.4 is 5.32 Å². The average Bonchev–Trinajstić information content (AvgIpc) is 2.38. The van der Waals surface area contributed by atoms with Gasteiger partial charge in [0, 0.05) is 23.1 Å². The summed E-state index contributed by atoms with van der Waals surface area (Å²) in [6.07, 6.45) is -1.12. The largest absolute Gasteiger partial charge is 0.416 e. The normalized spacial score (nSPS) is 13.1. The van der Waals surface area contributed by atoms with E-state index < -0.39 is 11.7 Å². The van der Waals surface area contributed by atoms with Crippen molar-refractivity contribution in [3.63, 3.8) is 0 Å². The van der Waals surface area contributed by atoms with Gasteiger partial charge in [-0.1, -0.05) is 17.7 Å². The fourth-order valence-electron chi connectivity index (χ4n) is 1.80. The van der Waals surface area contributed by atoms with Crippen LogP contribution in [-0.2, 0) is 6.18 Å². The number of hydrogen-bond donors (Lipinski definition) is 1. The van der Waals surface area contributed by atoms with E-state index in [-0.39, 0.29) is 11.1 Å². The van der Waals surface area contributed by atoms with E-state index in [1.165, 1.54) is 6.07 Å². The third kappa shape index (κ3) is 3.63. The summed E-state index contributed by atoms with van der Waals surface area (Å²) in [6.45, 7) is 1.84. The zero-order valence-corrected chi connectivity index (χ0v) is 11.3. The summed E-state index contributed by atoms with van der Waals surface area (Å²) < 4.78 is 38.1. The van der Waals surface area contributed by atoms with Gasteiger partial charge in [-0.3, -0.25) is 4.98 Å². The van der Waals surface area contributed by atoms with Crippen molar-refractivity contribution in [1.82, 2.24) is 4.98 Å². The fourth-order valence-corrected chi connectivity index (χ4v) is 2.04. The third-order valence-corrected chi connectivity index (χ3v) is 3.01. The van der Waals surface area contributed by atoms with Gasteiger partial charge in [0.1, 0.15) is 0 Å². The first-order chi connectivity index (χ1) is 9.36. The number of nitrogens with zero attached hydrogens (tertiary/aromatic N) is 1. The predicted octanol–water partition coefficient (Wildman–Crippen LogP) is 4.93. The number of halogens is 4. The van der Waals surface area contributed by atoms with E-state index in [1.54, 1.807) is 18.5 Å². The lowest BCUT2D eigenvalue weighted by molar-refractivity contribution is -0.137. The molecule has 0 saturated carbocycles. The Balaban J connectivity index is 2.24. The van der Waals surface area contributed by atoms with Crippen LogP contribution in [0.1, 0.15) is 24.1 Å². The van der Waals surface area contributed by atoms with Gasteiger partial charge in [-0.25, -0.2) is 0 Å². The highest BCUT2D eigenvalue weighted by Crippen LogP contribution is 2.34. The Kier molecular flexibility index (Phi) is 4.18. The SMILES string of the molecule is CC(Nc1cc(Cl)cc(C(F)(F)F)c1)c1cccnc1. The van der Waals surface area contributed by atoms with Crippen molar-refractivity contribution < 1.29 is 13.2 Å². The minimum absolute atomic E-state index is 0.0423. The van der Waals surface area contributed by atoms with E-state index >= 15 is 0 Å². The molecule has 1 aromatic heterocycles. The Morgan fingerprint density at radius 2 is 2.00 bits per heavy atom. The van der Waals surface area contributed by atoms with Gasteiger partial charge in [-0.2, -0.15) is 13.2 Å². The van der Waals surface area contributed by atoms with Crippen LogP contribution in [0.25, 0.3) is 0 Å². The highest BCUT2D eigenvalue weighted by Gasteiger charge is 2.31. The van der Waals surface area contributed by atoms with Crippen molar-refractivity contribution in [3.05, 3.63) is 58.9 Å². The Morgan fingerprint density at radius 1 is 1.25 bits per heavy atom. The third-order valence-electron chi connectivity index (χ3n) is 2.79. The quantitative estimate of drug-likeness (QED) is 0.869. The maximum atomic E-state index is 12.7. The van der Waals surface area contributed by atoms with Gasteiger partial charge in [0.2, 0.25) is 0 Å². The molecule has 2 aromatic rings. The first-order valence-corrected chi connectivity index (χ1v) is 6.28. The first kappa shape index (κ1) is 14.7. The molecule has 1 atom stereocenters. The monoisotopic (exact) mass is 300 g/mol. The summed E-state index contributed by atoms with van der Waals surface area (Å²) in [5.74, 6) is 0. The van der Waals surface area contributed by atoms with E-state index in [0.29, 0.717) is 5.69 Å². The molecule has 0 bridgehead atoms. The summed E-state index contributed by atoms with van der Waals surface area (Å²) in [7, 11) is 0. The molecule has 2 nitrogen and oxygen atoms in total. The summed E-state index contributed by atoms with van der Waals surface area (Å²) in [5.41, 5.74) is 0.424. The number of rotatable bonds is 3. The van der Waals surface area contributed by atoms with Gasteiger partial charge in [-0.15, -0.1) is 0 Å². The van der Waals surface area contributed by atoms with Crippen molar-refractivity contribution in [3.8, 4) is 0 Å². The molecule has 0 amide bonds. The van der Waals surface area contributed by atoms with Gasteiger partial charge in [0.05, 0.1) is 11.6 Å². The van der Waals surface area contributed by atoms with Crippen molar-refractivity contribution >= 4 is 17.3 Å². The maximum absolute atomic E-state index is 12.7. The highest BCUT2D eigenvalue weighted by molar-refractivity contribution is 6.30. The molecule has 6 heteroatoms. The lowest BCUT2D eigenvalue weighted by Gasteiger charge is -2.17. The van der Waals surface area contributed by atoms with Gasteiger partial charge in [-0.05, 0) is 36.8 Å². The van der Waals surface area contributed by atoms with Crippen LogP contribution in [0.15, 0.2) is 42.7 Å². The van der Waals surface area contributed by atoms with Gasteiger partial charge >= 0.3 is 6.18 Å². The smallest absolute Gasteiger partial charge is 0.378 e. The van der Waals surface area contributed by atoms with Crippen LogP contribution in [0.2, 0.25) is 5.02 Å². The van der Waals surface area contributed by atoms with Gasteiger partial charge < -0.3 is 5.32 Å². The molecule has 1 N–H and O–H groups in total. The predicted molar refractivity (Wildman–Crippen MR) is 72.7 cm³/mol. The van der Waals surface area contributed by atoms with Crippen LogP contribution in [0.3, 0.4) is 0 Å². The summed E-state index contributed by atoms with van der Waals surface area (Å²) >= 11 is 5.73. The number of alkyl halides is 3. The Hall–Kier alpha value is -1.75. The molecule has 0 aliphatic rings. The topological polar surface area (TPSA) is 24.9 Å². The molecule has 0 aliphatic carbocycles. The summed E-state index contributed by atoms with van der Waals surface area (Å²) in [6, 6.07) is 6.85. The highest BCUT2D eigenvalue weighted by atomic mass is 35.5. The van der Waals surface area contributed by atoms with Crippen LogP contribution >= 0.6 is 11.6 Å². The van der Waals surface area contributed by atoms with Gasteiger partial charge in [0.15, 0.2) is 0 Å². The number of anilines is 1. The minimum atomic E-state index is -4.42. The van der Waals surface area contributed by atoms with Crippen molar-refractivity contribution in [2.75, 3.05) is 5.32 Å². The number of pyridine rings is 1. The number of nitrogens with one attached hydrogen (secondary N) is 1. The molecule has 0 fully saturated rings. The van der Waals surface area contributed by atoms with Crippen molar-refractivity contribution in [2.24, 2.45) is 0 Å². The molecule has 1 unspecified atom stereocenters. The fraction of sp³-hybridized carbons (Fsp3) is 0.214. The second-order valence-electron chi connectivity index (χ2n) is 4.38. The average molecular weight is 301 g/mol. The van der Waals surface area contributed by atoms with E-state index in [0.717, 1.165) is 17.7 Å². The van der Waals surface area contributed by atoms with E-state index in [9.17, 15) is 13.2 Å². The number of aromatic nitrogens is 1. The molecular formula is C14H12ClF3N2. The van der Waals surface area contributed by atoms with Crippen molar-refractivity contribution in [2.45, 2.75) is 19.1 Å². The maximum Gasteiger partial charge on any atom is 0.416 e. The van der Waals surface area contributed by atoms with Gasteiger partial charge in [0.25, 0.3) is 0 Å². The summed E-state index contributed by atoms with van der Waals surface area (Å²) in [4.78, 5) is 3.98. The van der Waals surface area contributed by atoms with Crippen LogP contribution in [-0.4, -0.2) is 4.98 Å². The van der Waals surface area contributed by atoms with Crippen LogP contribution in [0.5, 0.6) is 0 Å². The zero-order valence-electron chi connectivity index (χ0n) is 10.6. The van der Waals surface area contributed by atoms with E-state index in [1.807, 2.05) is 13.0 Å². The summed E-state index contributed by atoms with van der Waals surface area (Å²) in [5, 5.41) is 3.03. The molecule has 0 radical (unpaired) electrons. The van der Waals surface area contributed by atoms with E-state index in [4.69, 9.17) is 11.6 Å².